The van der Waals surface area contributed by atoms with Crippen LogP contribution in [0.3, 0.4) is 0 Å². The summed E-state index contributed by atoms with van der Waals surface area (Å²) in [6, 6.07) is 17.6. The van der Waals surface area contributed by atoms with Gasteiger partial charge in [-0.25, -0.2) is 0 Å². The predicted molar refractivity (Wildman–Crippen MR) is 115 cm³/mol. The Morgan fingerprint density at radius 2 is 1.83 bits per heavy atom. The van der Waals surface area contributed by atoms with E-state index < -0.39 is 5.41 Å². The molecule has 2 fully saturated rings. The van der Waals surface area contributed by atoms with Crippen molar-refractivity contribution in [1.82, 2.24) is 15.0 Å². The van der Waals surface area contributed by atoms with Gasteiger partial charge in [-0.3, -0.25) is 4.79 Å². The Morgan fingerprint density at radius 1 is 1.07 bits per heavy atom. The quantitative estimate of drug-likeness (QED) is 0.579. The number of amides is 1. The van der Waals surface area contributed by atoms with Crippen LogP contribution in [0.15, 0.2) is 59.1 Å². The third-order valence-electron chi connectivity index (χ3n) is 6.60. The summed E-state index contributed by atoms with van der Waals surface area (Å²) in [6.07, 6.45) is 4.56. The molecule has 1 aliphatic carbocycles. The maximum absolute atomic E-state index is 13.5. The lowest BCUT2D eigenvalue weighted by atomic mass is 9.63. The zero-order valence-corrected chi connectivity index (χ0v) is 17.5. The molecule has 1 aromatic heterocycles. The minimum absolute atomic E-state index is 0.197. The van der Waals surface area contributed by atoms with Crippen LogP contribution in [0.4, 0.5) is 0 Å². The van der Waals surface area contributed by atoms with Gasteiger partial charge in [-0.1, -0.05) is 65.6 Å². The van der Waals surface area contributed by atoms with Gasteiger partial charge in [-0.2, -0.15) is 4.98 Å². The summed E-state index contributed by atoms with van der Waals surface area (Å²) in [6.45, 7) is 1.43. The Balaban J connectivity index is 1.27. The van der Waals surface area contributed by atoms with Crippen molar-refractivity contribution >= 4 is 17.5 Å². The topological polar surface area (TPSA) is 59.2 Å². The monoisotopic (exact) mass is 421 g/mol. The highest BCUT2D eigenvalue weighted by Gasteiger charge is 2.48. The van der Waals surface area contributed by atoms with Crippen molar-refractivity contribution in [2.75, 3.05) is 13.1 Å². The SMILES string of the molecule is O=C(N1CCC(c2nc(-c3ccccc3)no2)CC1)C1(c2cccc(Cl)c2)CCC1. The molecule has 2 aliphatic rings. The molecular weight excluding hydrogens is 398 g/mol. The molecule has 3 aromatic rings. The second kappa shape index (κ2) is 7.88. The van der Waals surface area contributed by atoms with Crippen molar-refractivity contribution in [3.63, 3.8) is 0 Å². The summed E-state index contributed by atoms with van der Waals surface area (Å²) in [7, 11) is 0. The van der Waals surface area contributed by atoms with Gasteiger partial charge in [0.15, 0.2) is 0 Å². The number of hydrogen-bond donors (Lipinski definition) is 0. The van der Waals surface area contributed by atoms with Gasteiger partial charge in [0.05, 0.1) is 5.41 Å². The first-order valence-electron chi connectivity index (χ1n) is 10.6. The minimum Gasteiger partial charge on any atom is -0.342 e. The van der Waals surface area contributed by atoms with Gasteiger partial charge >= 0.3 is 0 Å². The number of carbonyl (C=O) groups is 1. The number of carbonyl (C=O) groups excluding carboxylic acids is 1. The molecule has 6 heteroatoms. The van der Waals surface area contributed by atoms with Crippen LogP contribution >= 0.6 is 11.6 Å². The fourth-order valence-electron chi connectivity index (χ4n) is 4.68. The van der Waals surface area contributed by atoms with Crippen molar-refractivity contribution in [1.29, 1.82) is 0 Å². The zero-order chi connectivity index (χ0) is 20.6. The molecule has 1 aliphatic heterocycles. The highest BCUT2D eigenvalue weighted by molar-refractivity contribution is 6.30. The zero-order valence-electron chi connectivity index (χ0n) is 16.8. The number of nitrogens with zero attached hydrogens (tertiary/aromatic N) is 3. The minimum atomic E-state index is -0.400. The molecule has 0 atom stereocenters. The van der Waals surface area contributed by atoms with Crippen molar-refractivity contribution < 1.29 is 9.32 Å². The van der Waals surface area contributed by atoms with Crippen LogP contribution in [-0.4, -0.2) is 34.0 Å². The Hall–Kier alpha value is -2.66. The fraction of sp³-hybridized carbons (Fsp3) is 0.375. The molecule has 2 aromatic carbocycles. The van der Waals surface area contributed by atoms with Gasteiger partial charge in [0.2, 0.25) is 17.6 Å². The highest BCUT2D eigenvalue weighted by Crippen LogP contribution is 2.46. The highest BCUT2D eigenvalue weighted by atomic mass is 35.5. The van der Waals surface area contributed by atoms with Crippen molar-refractivity contribution in [2.24, 2.45) is 0 Å². The maximum Gasteiger partial charge on any atom is 0.233 e. The summed E-state index contributed by atoms with van der Waals surface area (Å²) < 4.78 is 5.56. The lowest BCUT2D eigenvalue weighted by Gasteiger charge is -2.45. The van der Waals surface area contributed by atoms with E-state index in [1.165, 1.54) is 0 Å². The largest absolute Gasteiger partial charge is 0.342 e. The molecule has 5 rings (SSSR count). The summed E-state index contributed by atoms with van der Waals surface area (Å²) in [4.78, 5) is 20.1. The fourth-order valence-corrected chi connectivity index (χ4v) is 4.87. The van der Waals surface area contributed by atoms with Gasteiger partial charge < -0.3 is 9.42 Å². The molecule has 1 saturated heterocycles. The Kier molecular flexibility index (Phi) is 5.07. The van der Waals surface area contributed by atoms with Crippen molar-refractivity contribution in [3.05, 3.63) is 71.1 Å². The number of piperidine rings is 1. The third-order valence-corrected chi connectivity index (χ3v) is 6.83. The molecule has 0 spiro atoms. The lowest BCUT2D eigenvalue weighted by molar-refractivity contribution is -0.142. The third kappa shape index (κ3) is 3.41. The van der Waals surface area contributed by atoms with E-state index in [-0.39, 0.29) is 11.8 Å². The Morgan fingerprint density at radius 3 is 2.50 bits per heavy atom. The molecule has 0 bridgehead atoms. The van der Waals surface area contributed by atoms with Crippen LogP contribution in [0, 0.1) is 0 Å². The molecule has 30 heavy (non-hydrogen) atoms. The normalized spacial score (nSPS) is 18.8. The molecule has 1 saturated carbocycles. The van der Waals surface area contributed by atoms with Crippen molar-refractivity contribution in [2.45, 2.75) is 43.4 Å². The van der Waals surface area contributed by atoms with Gasteiger partial charge in [-0.15, -0.1) is 0 Å². The number of rotatable bonds is 4. The van der Waals surface area contributed by atoms with Crippen LogP contribution < -0.4 is 0 Å². The molecule has 154 valence electrons. The van der Waals surface area contributed by atoms with E-state index >= 15 is 0 Å². The number of likely N-dealkylation sites (tertiary alicyclic amines) is 1. The predicted octanol–water partition coefficient (Wildman–Crippen LogP) is 5.22. The van der Waals surface area contributed by atoms with Gasteiger partial charge in [-0.05, 0) is 43.4 Å². The summed E-state index contributed by atoms with van der Waals surface area (Å²) in [5.74, 6) is 1.74. The molecule has 2 heterocycles. The standard InChI is InChI=1S/C24H24ClN3O2/c25-20-9-4-8-19(16-20)24(12-5-13-24)23(29)28-14-10-18(11-15-28)22-26-21(27-30-22)17-6-2-1-3-7-17/h1-4,6-9,16,18H,5,10-15H2. The number of halogens is 1. The van der Waals surface area contributed by atoms with Gasteiger partial charge in [0.1, 0.15) is 0 Å². The van der Waals surface area contributed by atoms with E-state index in [1.807, 2.05) is 59.5 Å². The summed E-state index contributed by atoms with van der Waals surface area (Å²) >= 11 is 6.21. The van der Waals surface area contributed by atoms with Gasteiger partial charge in [0, 0.05) is 29.6 Å². The molecule has 0 radical (unpaired) electrons. The van der Waals surface area contributed by atoms with Crippen LogP contribution in [0.5, 0.6) is 0 Å². The van der Waals surface area contributed by atoms with Crippen LogP contribution in [0.1, 0.15) is 49.5 Å². The lowest BCUT2D eigenvalue weighted by Crippen LogP contribution is -2.52. The van der Waals surface area contributed by atoms with E-state index in [1.54, 1.807) is 0 Å². The first-order valence-corrected chi connectivity index (χ1v) is 11.0. The number of aromatic nitrogens is 2. The first kappa shape index (κ1) is 19.3. The Bertz CT molecular complexity index is 1040. The van der Waals surface area contributed by atoms with Gasteiger partial charge in [0.25, 0.3) is 0 Å². The van der Waals surface area contributed by atoms with Crippen LogP contribution in [0.25, 0.3) is 11.4 Å². The average molecular weight is 422 g/mol. The van der Waals surface area contributed by atoms with Crippen LogP contribution in [-0.2, 0) is 10.2 Å². The van der Waals surface area contributed by atoms with Crippen molar-refractivity contribution in [3.8, 4) is 11.4 Å². The van der Waals surface area contributed by atoms with E-state index in [9.17, 15) is 4.79 Å². The van der Waals surface area contributed by atoms with E-state index in [0.29, 0.717) is 16.7 Å². The summed E-state index contributed by atoms with van der Waals surface area (Å²) in [5, 5.41) is 4.84. The second-order valence-corrected chi connectivity index (χ2v) is 8.77. The van der Waals surface area contributed by atoms with E-state index in [4.69, 9.17) is 16.1 Å². The van der Waals surface area contributed by atoms with E-state index in [2.05, 4.69) is 10.1 Å². The molecular formula is C24H24ClN3O2. The van der Waals surface area contributed by atoms with E-state index in [0.717, 1.165) is 56.3 Å². The summed E-state index contributed by atoms with van der Waals surface area (Å²) in [5.41, 5.74) is 1.61. The Labute approximate surface area is 181 Å². The molecule has 0 N–H and O–H groups in total. The van der Waals surface area contributed by atoms with Crippen LogP contribution in [0.2, 0.25) is 5.02 Å². The molecule has 5 nitrogen and oxygen atoms in total. The first-order chi connectivity index (χ1) is 14.7. The maximum atomic E-state index is 13.5. The number of benzene rings is 2. The second-order valence-electron chi connectivity index (χ2n) is 8.33. The molecule has 1 amide bonds. The molecule has 0 unspecified atom stereocenters. The average Bonchev–Trinajstić information content (AvgIpc) is 3.24. The smallest absolute Gasteiger partial charge is 0.233 e. The number of hydrogen-bond acceptors (Lipinski definition) is 4.